The van der Waals surface area contributed by atoms with Gasteiger partial charge in [0.2, 0.25) is 0 Å². The highest BCUT2D eigenvalue weighted by molar-refractivity contribution is 6.34. The maximum atomic E-state index is 11.5. The number of rotatable bonds is 4. The molecule has 0 bridgehead atoms. The molecular weight excluding hydrogens is 246 g/mol. The Morgan fingerprint density at radius 2 is 2.12 bits per heavy atom. The number of carboxylic acids is 1. The van der Waals surface area contributed by atoms with Crippen LogP contribution in [0.2, 0.25) is 5.02 Å². The summed E-state index contributed by atoms with van der Waals surface area (Å²) in [5.41, 5.74) is 0.415. The fourth-order valence-electron chi connectivity index (χ4n) is 1.09. The van der Waals surface area contributed by atoms with Crippen molar-refractivity contribution in [1.82, 2.24) is 0 Å². The van der Waals surface area contributed by atoms with Crippen LogP contribution in [0.4, 0.5) is 5.69 Å². The Bertz CT molecular complexity index is 447. The first kappa shape index (κ1) is 13.5. The molecule has 0 fully saturated rings. The lowest BCUT2D eigenvalue weighted by Crippen LogP contribution is -2.26. The van der Waals surface area contributed by atoms with Gasteiger partial charge in [-0.15, -0.1) is 0 Å². The van der Waals surface area contributed by atoms with Crippen molar-refractivity contribution in [1.29, 1.82) is 0 Å². The Morgan fingerprint density at radius 3 is 2.59 bits per heavy atom. The van der Waals surface area contributed by atoms with Gasteiger partial charge in [0.1, 0.15) is 6.10 Å². The summed E-state index contributed by atoms with van der Waals surface area (Å²) < 4.78 is 4.84. The zero-order valence-electron chi connectivity index (χ0n) is 9.36. The Morgan fingerprint density at radius 1 is 1.47 bits per heavy atom. The molecule has 5 nitrogen and oxygen atoms in total. The molecule has 92 valence electrons. The summed E-state index contributed by atoms with van der Waals surface area (Å²) >= 11 is 5.85. The second kappa shape index (κ2) is 5.65. The molecule has 1 aromatic carbocycles. The Hall–Kier alpha value is -1.59. The number of benzene rings is 1. The summed E-state index contributed by atoms with van der Waals surface area (Å²) in [6, 6.07) is 4.07. The zero-order chi connectivity index (χ0) is 13.0. The lowest BCUT2D eigenvalue weighted by atomic mass is 10.2. The van der Waals surface area contributed by atoms with Crippen molar-refractivity contribution in [2.45, 2.75) is 13.0 Å². The lowest BCUT2D eigenvalue weighted by molar-refractivity contribution is -0.124. The van der Waals surface area contributed by atoms with Crippen LogP contribution in [0.5, 0.6) is 0 Å². The molecule has 17 heavy (non-hydrogen) atoms. The quantitative estimate of drug-likeness (QED) is 0.865. The monoisotopic (exact) mass is 257 g/mol. The minimum Gasteiger partial charge on any atom is -0.478 e. The minimum absolute atomic E-state index is 0.0628. The predicted molar refractivity (Wildman–Crippen MR) is 63.5 cm³/mol. The van der Waals surface area contributed by atoms with Crippen LogP contribution in [-0.4, -0.2) is 30.2 Å². The van der Waals surface area contributed by atoms with Crippen LogP contribution in [0.15, 0.2) is 18.2 Å². The number of nitrogens with one attached hydrogen (secondary N) is 1. The van der Waals surface area contributed by atoms with Gasteiger partial charge in [-0.25, -0.2) is 4.79 Å². The summed E-state index contributed by atoms with van der Waals surface area (Å²) in [6.45, 7) is 1.59. The molecule has 1 aromatic rings. The van der Waals surface area contributed by atoms with Crippen LogP contribution in [0.1, 0.15) is 17.3 Å². The van der Waals surface area contributed by atoms with Crippen LogP contribution in [0.3, 0.4) is 0 Å². The average Bonchev–Trinajstić information content (AvgIpc) is 2.30. The van der Waals surface area contributed by atoms with E-state index in [-0.39, 0.29) is 16.5 Å². The number of ether oxygens (including phenoxy) is 1. The largest absolute Gasteiger partial charge is 0.478 e. The van der Waals surface area contributed by atoms with Crippen molar-refractivity contribution in [3.8, 4) is 0 Å². The molecule has 0 saturated heterocycles. The Labute approximate surface area is 103 Å². The van der Waals surface area contributed by atoms with Gasteiger partial charge in [0.05, 0.1) is 16.3 Å². The van der Waals surface area contributed by atoms with E-state index < -0.39 is 12.1 Å². The molecule has 0 spiro atoms. The molecule has 1 atom stereocenters. The number of aromatic carboxylic acids is 1. The number of carbonyl (C=O) groups excluding carboxylic acids is 1. The van der Waals surface area contributed by atoms with Crippen LogP contribution >= 0.6 is 11.6 Å². The Balaban J connectivity index is 2.86. The SMILES string of the molecule is COC(C)C(=O)Nc1ccc(C(=O)O)cc1Cl. The molecule has 2 N–H and O–H groups in total. The normalized spacial score (nSPS) is 11.9. The van der Waals surface area contributed by atoms with Crippen molar-refractivity contribution in [2.75, 3.05) is 12.4 Å². The van der Waals surface area contributed by atoms with E-state index in [2.05, 4.69) is 5.32 Å². The van der Waals surface area contributed by atoms with E-state index in [1.54, 1.807) is 6.92 Å². The molecule has 0 aliphatic heterocycles. The number of hydrogen-bond donors (Lipinski definition) is 2. The van der Waals surface area contributed by atoms with E-state index in [0.29, 0.717) is 5.69 Å². The molecule has 0 aliphatic rings. The molecule has 6 heteroatoms. The third-order valence-corrected chi connectivity index (χ3v) is 2.51. The van der Waals surface area contributed by atoms with Crippen LogP contribution < -0.4 is 5.32 Å². The third kappa shape index (κ3) is 3.44. The van der Waals surface area contributed by atoms with E-state index in [1.165, 1.54) is 25.3 Å². The summed E-state index contributed by atoms with van der Waals surface area (Å²) in [7, 11) is 1.42. The number of methoxy groups -OCH3 is 1. The van der Waals surface area contributed by atoms with Crippen LogP contribution in [0.25, 0.3) is 0 Å². The fourth-order valence-corrected chi connectivity index (χ4v) is 1.32. The van der Waals surface area contributed by atoms with Gasteiger partial charge in [-0.3, -0.25) is 4.79 Å². The molecule has 1 unspecified atom stereocenters. The van der Waals surface area contributed by atoms with Gasteiger partial charge in [0, 0.05) is 7.11 Å². The first-order valence-electron chi connectivity index (χ1n) is 4.82. The van der Waals surface area contributed by atoms with E-state index in [4.69, 9.17) is 21.4 Å². The van der Waals surface area contributed by atoms with Gasteiger partial charge in [0.15, 0.2) is 0 Å². The smallest absolute Gasteiger partial charge is 0.335 e. The number of amides is 1. The van der Waals surface area contributed by atoms with E-state index in [0.717, 1.165) is 0 Å². The van der Waals surface area contributed by atoms with Crippen LogP contribution in [0, 0.1) is 0 Å². The van der Waals surface area contributed by atoms with Crippen molar-refractivity contribution in [3.63, 3.8) is 0 Å². The summed E-state index contributed by atoms with van der Waals surface area (Å²) in [5.74, 6) is -1.42. The van der Waals surface area contributed by atoms with E-state index in [9.17, 15) is 9.59 Å². The summed E-state index contributed by atoms with van der Waals surface area (Å²) in [4.78, 5) is 22.2. The summed E-state index contributed by atoms with van der Waals surface area (Å²) in [6.07, 6.45) is -0.606. The van der Waals surface area contributed by atoms with E-state index in [1.807, 2.05) is 0 Å². The standard InChI is InChI=1S/C11H12ClNO4/c1-6(17-2)10(14)13-9-4-3-7(11(15)16)5-8(9)12/h3-6H,1-2H3,(H,13,14)(H,15,16). The highest BCUT2D eigenvalue weighted by Gasteiger charge is 2.14. The maximum absolute atomic E-state index is 11.5. The number of carbonyl (C=O) groups is 2. The molecule has 0 heterocycles. The highest BCUT2D eigenvalue weighted by atomic mass is 35.5. The first-order valence-corrected chi connectivity index (χ1v) is 5.20. The molecular formula is C11H12ClNO4. The molecule has 0 aliphatic carbocycles. The van der Waals surface area contributed by atoms with Gasteiger partial charge in [-0.2, -0.15) is 0 Å². The number of hydrogen-bond acceptors (Lipinski definition) is 3. The molecule has 1 amide bonds. The minimum atomic E-state index is -1.07. The Kier molecular flexibility index (Phi) is 4.48. The van der Waals surface area contributed by atoms with Crippen molar-refractivity contribution in [2.24, 2.45) is 0 Å². The number of anilines is 1. The molecule has 0 radical (unpaired) electrons. The second-order valence-corrected chi connectivity index (χ2v) is 3.77. The topological polar surface area (TPSA) is 75.6 Å². The zero-order valence-corrected chi connectivity index (χ0v) is 10.1. The fraction of sp³-hybridized carbons (Fsp3) is 0.273. The third-order valence-electron chi connectivity index (χ3n) is 2.20. The van der Waals surface area contributed by atoms with E-state index >= 15 is 0 Å². The van der Waals surface area contributed by atoms with Crippen molar-refractivity contribution >= 4 is 29.2 Å². The van der Waals surface area contributed by atoms with Gasteiger partial charge in [-0.05, 0) is 25.1 Å². The highest BCUT2D eigenvalue weighted by Crippen LogP contribution is 2.23. The van der Waals surface area contributed by atoms with Gasteiger partial charge < -0.3 is 15.2 Å². The lowest BCUT2D eigenvalue weighted by Gasteiger charge is -2.11. The average molecular weight is 258 g/mol. The molecule has 0 aromatic heterocycles. The maximum Gasteiger partial charge on any atom is 0.335 e. The predicted octanol–water partition coefficient (Wildman–Crippen LogP) is 2.01. The molecule has 1 rings (SSSR count). The van der Waals surface area contributed by atoms with Crippen LogP contribution in [-0.2, 0) is 9.53 Å². The van der Waals surface area contributed by atoms with Crippen molar-refractivity contribution < 1.29 is 19.4 Å². The molecule has 0 saturated carbocycles. The van der Waals surface area contributed by atoms with Gasteiger partial charge in [-0.1, -0.05) is 11.6 Å². The first-order chi connectivity index (χ1) is 7.95. The summed E-state index contributed by atoms with van der Waals surface area (Å²) in [5, 5.41) is 11.4. The number of halogens is 1. The van der Waals surface area contributed by atoms with Crippen molar-refractivity contribution in [3.05, 3.63) is 28.8 Å². The van der Waals surface area contributed by atoms with Gasteiger partial charge >= 0.3 is 5.97 Å². The number of carboxylic acid groups (broad SMARTS) is 1. The second-order valence-electron chi connectivity index (χ2n) is 3.37. The van der Waals surface area contributed by atoms with Gasteiger partial charge in [0.25, 0.3) is 5.91 Å².